The molecule has 0 radical (unpaired) electrons. The third-order valence-electron chi connectivity index (χ3n) is 2.45. The minimum atomic E-state index is -4.47. The van der Waals surface area contributed by atoms with Crippen LogP contribution in [0, 0.1) is 6.92 Å². The Labute approximate surface area is 91.9 Å². The lowest BCUT2D eigenvalue weighted by atomic mass is 9.98. The Morgan fingerprint density at radius 3 is 2.38 bits per heavy atom. The zero-order chi connectivity index (χ0) is 12.3. The molecular formula is C11H14F3NO. The smallest absolute Gasteiger partial charge is 0.388 e. The summed E-state index contributed by atoms with van der Waals surface area (Å²) in [4.78, 5) is 0. The van der Waals surface area contributed by atoms with Crippen molar-refractivity contribution in [2.45, 2.75) is 31.7 Å². The first-order valence-corrected chi connectivity index (χ1v) is 4.88. The van der Waals surface area contributed by atoms with Crippen LogP contribution in [0.1, 0.15) is 23.7 Å². The fourth-order valence-corrected chi connectivity index (χ4v) is 1.46. The van der Waals surface area contributed by atoms with Crippen LogP contribution < -0.4 is 5.73 Å². The molecule has 0 aromatic heterocycles. The van der Waals surface area contributed by atoms with E-state index in [4.69, 9.17) is 5.73 Å². The van der Waals surface area contributed by atoms with Gasteiger partial charge < -0.3 is 10.8 Å². The van der Waals surface area contributed by atoms with Gasteiger partial charge in [0.05, 0.1) is 6.10 Å². The van der Waals surface area contributed by atoms with Crippen LogP contribution in [-0.2, 0) is 0 Å². The maximum atomic E-state index is 12.2. The predicted octanol–water partition coefficient (Wildman–Crippen LogP) is 2.31. The van der Waals surface area contributed by atoms with E-state index in [2.05, 4.69) is 0 Å². The van der Waals surface area contributed by atoms with Crippen molar-refractivity contribution in [2.75, 3.05) is 0 Å². The summed E-state index contributed by atoms with van der Waals surface area (Å²) in [5, 5.41) is 9.66. The quantitative estimate of drug-likeness (QED) is 0.841. The summed E-state index contributed by atoms with van der Waals surface area (Å²) in [6, 6.07) is 4.77. The Balaban J connectivity index is 2.73. The second-order valence-corrected chi connectivity index (χ2v) is 3.76. The van der Waals surface area contributed by atoms with E-state index in [9.17, 15) is 18.3 Å². The second-order valence-electron chi connectivity index (χ2n) is 3.76. The lowest BCUT2D eigenvalue weighted by molar-refractivity contribution is -0.153. The Bertz CT molecular complexity index is 351. The summed E-state index contributed by atoms with van der Waals surface area (Å²) >= 11 is 0. The van der Waals surface area contributed by atoms with E-state index >= 15 is 0 Å². The molecule has 1 aromatic rings. The summed E-state index contributed by atoms with van der Waals surface area (Å²) in [6.45, 7) is 1.73. The van der Waals surface area contributed by atoms with Crippen molar-refractivity contribution in [3.63, 3.8) is 0 Å². The van der Waals surface area contributed by atoms with E-state index in [-0.39, 0.29) is 0 Å². The van der Waals surface area contributed by atoms with Gasteiger partial charge in [-0.2, -0.15) is 13.2 Å². The molecule has 0 aliphatic carbocycles. The molecule has 0 amide bonds. The topological polar surface area (TPSA) is 46.2 Å². The summed E-state index contributed by atoms with van der Waals surface area (Å²) in [5.74, 6) is 0. The zero-order valence-electron chi connectivity index (χ0n) is 8.83. The maximum absolute atomic E-state index is 12.2. The molecule has 0 saturated heterocycles. The molecule has 0 saturated carbocycles. The van der Waals surface area contributed by atoms with Gasteiger partial charge in [-0.1, -0.05) is 24.3 Å². The van der Waals surface area contributed by atoms with Gasteiger partial charge >= 0.3 is 6.18 Å². The predicted molar refractivity (Wildman–Crippen MR) is 54.8 cm³/mol. The van der Waals surface area contributed by atoms with Crippen molar-refractivity contribution >= 4 is 0 Å². The number of rotatable bonds is 3. The molecule has 5 heteroatoms. The molecule has 0 aliphatic rings. The van der Waals surface area contributed by atoms with Gasteiger partial charge in [0.2, 0.25) is 0 Å². The number of halogens is 3. The van der Waals surface area contributed by atoms with Gasteiger partial charge in [-0.3, -0.25) is 0 Å². The number of benzene rings is 1. The number of nitrogens with two attached hydrogens (primary N) is 1. The number of hydrogen-bond donors (Lipinski definition) is 2. The van der Waals surface area contributed by atoms with Gasteiger partial charge in [-0.15, -0.1) is 0 Å². The molecule has 0 unspecified atom stereocenters. The normalized spacial score (nSPS) is 15.9. The summed E-state index contributed by atoms with van der Waals surface area (Å²) in [6.07, 6.45) is -6.17. The highest BCUT2D eigenvalue weighted by molar-refractivity contribution is 5.27. The molecule has 0 fully saturated rings. The van der Waals surface area contributed by atoms with E-state index < -0.39 is 24.7 Å². The first kappa shape index (κ1) is 13.0. The Morgan fingerprint density at radius 2 is 1.88 bits per heavy atom. The molecule has 90 valence electrons. The van der Waals surface area contributed by atoms with Crippen molar-refractivity contribution in [1.82, 2.24) is 0 Å². The molecular weight excluding hydrogens is 219 g/mol. The molecule has 3 N–H and O–H groups in total. The van der Waals surface area contributed by atoms with Crippen molar-refractivity contribution < 1.29 is 18.3 Å². The van der Waals surface area contributed by atoms with Crippen LogP contribution in [0.4, 0.5) is 13.2 Å². The van der Waals surface area contributed by atoms with Crippen LogP contribution >= 0.6 is 0 Å². The van der Waals surface area contributed by atoms with Gasteiger partial charge in [0.1, 0.15) is 6.04 Å². The van der Waals surface area contributed by atoms with E-state index in [0.717, 1.165) is 5.56 Å². The monoisotopic (exact) mass is 233 g/mol. The maximum Gasteiger partial charge on any atom is 0.403 e. The van der Waals surface area contributed by atoms with E-state index in [0.29, 0.717) is 5.56 Å². The van der Waals surface area contributed by atoms with Crippen LogP contribution in [0.15, 0.2) is 24.3 Å². The highest BCUT2D eigenvalue weighted by Gasteiger charge is 2.38. The third-order valence-corrected chi connectivity index (χ3v) is 2.45. The van der Waals surface area contributed by atoms with Gasteiger partial charge in [0, 0.05) is 6.42 Å². The number of aryl methyl sites for hydroxylation is 1. The average Bonchev–Trinajstić information content (AvgIpc) is 2.16. The zero-order valence-corrected chi connectivity index (χ0v) is 8.83. The lowest BCUT2D eigenvalue weighted by Crippen LogP contribution is -2.38. The molecule has 0 heterocycles. The summed E-state index contributed by atoms with van der Waals surface area (Å²) < 4.78 is 36.6. The van der Waals surface area contributed by atoms with Crippen LogP contribution in [0.3, 0.4) is 0 Å². The first-order chi connectivity index (χ1) is 7.32. The Kier molecular flexibility index (Phi) is 3.93. The highest BCUT2D eigenvalue weighted by atomic mass is 19.4. The number of aliphatic hydroxyl groups excluding tert-OH is 1. The van der Waals surface area contributed by atoms with Crippen molar-refractivity contribution in [1.29, 1.82) is 0 Å². The minimum absolute atomic E-state index is 0.488. The van der Waals surface area contributed by atoms with Crippen molar-refractivity contribution in [3.05, 3.63) is 35.4 Å². The summed E-state index contributed by atoms with van der Waals surface area (Å²) in [7, 11) is 0. The average molecular weight is 233 g/mol. The molecule has 2 atom stereocenters. The largest absolute Gasteiger partial charge is 0.403 e. The van der Waals surface area contributed by atoms with Crippen LogP contribution in [0.25, 0.3) is 0 Å². The van der Waals surface area contributed by atoms with Crippen LogP contribution in [-0.4, -0.2) is 17.3 Å². The summed E-state index contributed by atoms with van der Waals surface area (Å²) in [5.41, 5.74) is 6.20. The van der Waals surface area contributed by atoms with Gasteiger partial charge in [0.15, 0.2) is 0 Å². The van der Waals surface area contributed by atoms with E-state index in [1.54, 1.807) is 31.2 Å². The van der Waals surface area contributed by atoms with Gasteiger partial charge in [-0.05, 0) is 18.1 Å². The van der Waals surface area contributed by atoms with Crippen LogP contribution in [0.2, 0.25) is 0 Å². The molecule has 0 aliphatic heterocycles. The SMILES string of the molecule is Cc1ccccc1[C@@H](O)C[C@@H](N)C(F)(F)F. The number of hydrogen-bond acceptors (Lipinski definition) is 2. The molecule has 2 nitrogen and oxygen atoms in total. The lowest BCUT2D eigenvalue weighted by Gasteiger charge is -2.20. The Hall–Kier alpha value is -1.07. The number of aliphatic hydroxyl groups is 1. The van der Waals surface area contributed by atoms with Gasteiger partial charge in [-0.25, -0.2) is 0 Å². The highest BCUT2D eigenvalue weighted by Crippen LogP contribution is 2.27. The molecule has 16 heavy (non-hydrogen) atoms. The molecule has 1 aromatic carbocycles. The molecule has 0 bridgehead atoms. The van der Waals surface area contributed by atoms with E-state index in [1.165, 1.54) is 0 Å². The Morgan fingerprint density at radius 1 is 1.31 bits per heavy atom. The van der Waals surface area contributed by atoms with Crippen molar-refractivity contribution in [3.8, 4) is 0 Å². The second kappa shape index (κ2) is 4.84. The number of alkyl halides is 3. The third kappa shape index (κ3) is 3.21. The molecule has 1 rings (SSSR count). The minimum Gasteiger partial charge on any atom is -0.388 e. The fraction of sp³-hybridized carbons (Fsp3) is 0.455. The van der Waals surface area contributed by atoms with Crippen LogP contribution in [0.5, 0.6) is 0 Å². The first-order valence-electron chi connectivity index (χ1n) is 4.88. The fourth-order valence-electron chi connectivity index (χ4n) is 1.46. The van der Waals surface area contributed by atoms with Gasteiger partial charge in [0.25, 0.3) is 0 Å². The van der Waals surface area contributed by atoms with Crippen molar-refractivity contribution in [2.24, 2.45) is 5.73 Å². The van der Waals surface area contributed by atoms with E-state index in [1.807, 2.05) is 0 Å². The standard InChI is InChI=1S/C11H14F3NO/c1-7-4-2-3-5-8(7)9(16)6-10(15)11(12,13)14/h2-5,9-10,16H,6,15H2,1H3/t9-,10+/m0/s1. The molecule has 0 spiro atoms.